The van der Waals surface area contributed by atoms with Crippen molar-refractivity contribution < 1.29 is 4.79 Å². The molecule has 0 bridgehead atoms. The summed E-state index contributed by atoms with van der Waals surface area (Å²) in [5.74, 6) is -0.423. The van der Waals surface area contributed by atoms with Crippen LogP contribution in [0.3, 0.4) is 0 Å². The van der Waals surface area contributed by atoms with E-state index < -0.39 is 5.91 Å². The van der Waals surface area contributed by atoms with Gasteiger partial charge in [0.2, 0.25) is 0 Å². The van der Waals surface area contributed by atoms with E-state index >= 15 is 0 Å². The van der Waals surface area contributed by atoms with Gasteiger partial charge in [-0.15, -0.1) is 0 Å². The van der Waals surface area contributed by atoms with Crippen LogP contribution < -0.4 is 10.9 Å². The molecule has 0 radical (unpaired) electrons. The highest BCUT2D eigenvalue weighted by Gasteiger charge is 2.12. The third-order valence-corrected chi connectivity index (χ3v) is 3.83. The van der Waals surface area contributed by atoms with Crippen molar-refractivity contribution in [3.05, 3.63) is 81.9 Å². The van der Waals surface area contributed by atoms with E-state index in [2.05, 4.69) is 15.2 Å². The van der Waals surface area contributed by atoms with Crippen LogP contribution in [-0.4, -0.2) is 34.3 Å². The Morgan fingerprint density at radius 1 is 1.12 bits per heavy atom. The van der Waals surface area contributed by atoms with Gasteiger partial charge in [0.1, 0.15) is 11.2 Å². The van der Waals surface area contributed by atoms with Crippen LogP contribution in [0.5, 0.6) is 0 Å². The molecular formula is C19H20N4O2. The molecule has 1 N–H and O–H groups in total. The van der Waals surface area contributed by atoms with Crippen LogP contribution in [-0.2, 0) is 13.1 Å². The number of carbonyl (C=O) groups is 1. The van der Waals surface area contributed by atoms with Gasteiger partial charge in [0.05, 0.1) is 0 Å². The number of aromatic nitrogens is 2. The van der Waals surface area contributed by atoms with Crippen LogP contribution in [0.1, 0.15) is 21.5 Å². The Kier molecular flexibility index (Phi) is 4.90. The van der Waals surface area contributed by atoms with Crippen molar-refractivity contribution in [2.24, 2.45) is 0 Å². The largest absolute Gasteiger partial charge is 0.348 e. The molecule has 0 spiro atoms. The molecule has 1 aromatic carbocycles. The highest BCUT2D eigenvalue weighted by molar-refractivity contribution is 5.93. The SMILES string of the molecule is CN(C)Cc1ccc(CNC(=O)c2cnc3ccccn3c2=O)cc1. The van der Waals surface area contributed by atoms with E-state index in [0.717, 1.165) is 12.1 Å². The quantitative estimate of drug-likeness (QED) is 0.770. The van der Waals surface area contributed by atoms with Crippen molar-refractivity contribution in [3.63, 3.8) is 0 Å². The summed E-state index contributed by atoms with van der Waals surface area (Å²) in [6.45, 7) is 1.23. The van der Waals surface area contributed by atoms with Gasteiger partial charge in [0, 0.05) is 25.5 Å². The number of pyridine rings is 1. The van der Waals surface area contributed by atoms with Crippen molar-refractivity contribution in [3.8, 4) is 0 Å². The Hall–Kier alpha value is -2.99. The van der Waals surface area contributed by atoms with Crippen molar-refractivity contribution in [2.45, 2.75) is 13.1 Å². The number of hydrogen-bond donors (Lipinski definition) is 1. The molecule has 6 heteroatoms. The number of rotatable bonds is 5. The number of benzene rings is 1. The lowest BCUT2D eigenvalue weighted by Gasteiger charge is -2.10. The molecule has 6 nitrogen and oxygen atoms in total. The maximum Gasteiger partial charge on any atom is 0.270 e. The summed E-state index contributed by atoms with van der Waals surface area (Å²) in [7, 11) is 4.04. The molecule has 2 heterocycles. The Bertz CT molecular complexity index is 946. The fourth-order valence-corrected chi connectivity index (χ4v) is 2.59. The van der Waals surface area contributed by atoms with Crippen LogP contribution in [0.2, 0.25) is 0 Å². The molecule has 0 aliphatic carbocycles. The second kappa shape index (κ2) is 7.27. The maximum absolute atomic E-state index is 12.4. The number of carbonyl (C=O) groups excluding carboxylic acids is 1. The predicted molar refractivity (Wildman–Crippen MR) is 96.5 cm³/mol. The minimum atomic E-state index is -0.423. The topological polar surface area (TPSA) is 66.7 Å². The molecule has 2 aromatic heterocycles. The normalized spacial score (nSPS) is 11.0. The van der Waals surface area contributed by atoms with Gasteiger partial charge in [0.15, 0.2) is 0 Å². The third kappa shape index (κ3) is 3.92. The monoisotopic (exact) mass is 336 g/mol. The minimum absolute atomic E-state index is 0.0351. The molecule has 3 rings (SSSR count). The van der Waals surface area contributed by atoms with Crippen LogP contribution in [0, 0.1) is 0 Å². The molecule has 0 atom stereocenters. The zero-order valence-corrected chi connectivity index (χ0v) is 14.3. The first-order valence-electron chi connectivity index (χ1n) is 8.02. The average Bonchev–Trinajstić information content (AvgIpc) is 2.61. The molecule has 128 valence electrons. The van der Waals surface area contributed by atoms with Gasteiger partial charge in [-0.2, -0.15) is 0 Å². The Morgan fingerprint density at radius 2 is 1.84 bits per heavy atom. The van der Waals surface area contributed by atoms with Gasteiger partial charge in [-0.3, -0.25) is 14.0 Å². The van der Waals surface area contributed by atoms with E-state index in [9.17, 15) is 9.59 Å². The number of amides is 1. The van der Waals surface area contributed by atoms with Gasteiger partial charge in [-0.05, 0) is 37.4 Å². The van der Waals surface area contributed by atoms with E-state index in [1.165, 1.54) is 16.2 Å². The summed E-state index contributed by atoms with van der Waals surface area (Å²) in [6.07, 6.45) is 2.93. The molecule has 0 saturated heterocycles. The van der Waals surface area contributed by atoms with Crippen molar-refractivity contribution in [1.29, 1.82) is 0 Å². The predicted octanol–water partition coefficient (Wildman–Crippen LogP) is 1.69. The zero-order valence-electron chi connectivity index (χ0n) is 14.3. The number of nitrogens with zero attached hydrogens (tertiary/aromatic N) is 3. The summed E-state index contributed by atoms with van der Waals surface area (Å²) in [4.78, 5) is 31.0. The zero-order chi connectivity index (χ0) is 17.8. The van der Waals surface area contributed by atoms with Gasteiger partial charge < -0.3 is 10.2 Å². The van der Waals surface area contributed by atoms with Gasteiger partial charge in [0.25, 0.3) is 11.5 Å². The van der Waals surface area contributed by atoms with E-state index in [1.54, 1.807) is 24.4 Å². The van der Waals surface area contributed by atoms with E-state index in [4.69, 9.17) is 0 Å². The fraction of sp³-hybridized carbons (Fsp3) is 0.211. The van der Waals surface area contributed by atoms with Gasteiger partial charge in [-0.1, -0.05) is 30.3 Å². The molecule has 0 fully saturated rings. The third-order valence-electron chi connectivity index (χ3n) is 3.83. The number of fused-ring (bicyclic) bond motifs is 1. The molecule has 0 unspecified atom stereocenters. The number of nitrogens with one attached hydrogen (secondary N) is 1. The Morgan fingerprint density at radius 3 is 2.56 bits per heavy atom. The smallest absolute Gasteiger partial charge is 0.270 e. The van der Waals surface area contributed by atoms with Gasteiger partial charge in [-0.25, -0.2) is 4.98 Å². The first kappa shape index (κ1) is 16.9. The summed E-state index contributed by atoms with van der Waals surface area (Å²) in [6, 6.07) is 13.3. The summed E-state index contributed by atoms with van der Waals surface area (Å²) in [5, 5.41) is 2.78. The summed E-state index contributed by atoms with van der Waals surface area (Å²) < 4.78 is 1.37. The van der Waals surface area contributed by atoms with Crippen LogP contribution >= 0.6 is 0 Å². The second-order valence-corrected chi connectivity index (χ2v) is 6.14. The lowest BCUT2D eigenvalue weighted by molar-refractivity contribution is 0.0949. The number of hydrogen-bond acceptors (Lipinski definition) is 4. The van der Waals surface area contributed by atoms with Crippen LogP contribution in [0.15, 0.2) is 59.7 Å². The van der Waals surface area contributed by atoms with Crippen LogP contribution in [0.25, 0.3) is 5.65 Å². The van der Waals surface area contributed by atoms with Crippen molar-refractivity contribution in [1.82, 2.24) is 19.6 Å². The lowest BCUT2D eigenvalue weighted by atomic mass is 10.1. The summed E-state index contributed by atoms with van der Waals surface area (Å²) >= 11 is 0. The first-order chi connectivity index (χ1) is 12.0. The minimum Gasteiger partial charge on any atom is -0.348 e. The molecular weight excluding hydrogens is 316 g/mol. The van der Waals surface area contributed by atoms with E-state index in [-0.39, 0.29) is 11.1 Å². The van der Waals surface area contributed by atoms with Crippen molar-refractivity contribution in [2.75, 3.05) is 14.1 Å². The second-order valence-electron chi connectivity index (χ2n) is 6.14. The molecule has 25 heavy (non-hydrogen) atoms. The molecule has 0 saturated carbocycles. The van der Waals surface area contributed by atoms with E-state index in [0.29, 0.717) is 12.2 Å². The fourth-order valence-electron chi connectivity index (χ4n) is 2.59. The lowest BCUT2D eigenvalue weighted by Crippen LogP contribution is -2.31. The molecule has 0 aliphatic rings. The average molecular weight is 336 g/mol. The first-order valence-corrected chi connectivity index (χ1v) is 8.02. The molecule has 3 aromatic rings. The Balaban J connectivity index is 1.70. The highest BCUT2D eigenvalue weighted by atomic mass is 16.2. The molecule has 0 aliphatic heterocycles. The highest BCUT2D eigenvalue weighted by Crippen LogP contribution is 2.06. The maximum atomic E-state index is 12.4. The van der Waals surface area contributed by atoms with Gasteiger partial charge >= 0.3 is 0 Å². The van der Waals surface area contributed by atoms with Crippen LogP contribution in [0.4, 0.5) is 0 Å². The summed E-state index contributed by atoms with van der Waals surface area (Å²) in [5.41, 5.74) is 2.36. The Labute approximate surface area is 145 Å². The van der Waals surface area contributed by atoms with Crippen molar-refractivity contribution >= 4 is 11.6 Å². The van der Waals surface area contributed by atoms with E-state index in [1.807, 2.05) is 38.4 Å². The molecule has 1 amide bonds. The standard InChI is InChI=1S/C19H20N4O2/c1-22(2)13-15-8-6-14(7-9-15)11-21-18(24)16-12-20-17-5-3-4-10-23(17)19(16)25/h3-10,12H,11,13H2,1-2H3,(H,21,24).